The smallest absolute Gasteiger partial charge is 0.146 e. The van der Waals surface area contributed by atoms with E-state index >= 15 is 0 Å². The van der Waals surface area contributed by atoms with Gasteiger partial charge in [-0.1, -0.05) is 97.1 Å². The van der Waals surface area contributed by atoms with Crippen molar-refractivity contribution >= 4 is 44.3 Å². The molecule has 8 heteroatoms. The number of hydrogen-bond acceptors (Lipinski definition) is 8. The average Bonchev–Trinajstić information content (AvgIpc) is 3.14. The van der Waals surface area contributed by atoms with Gasteiger partial charge >= 0.3 is 0 Å². The molecule has 0 saturated carbocycles. The van der Waals surface area contributed by atoms with Crippen LogP contribution in [0.4, 0.5) is 22.7 Å². The van der Waals surface area contributed by atoms with Gasteiger partial charge < -0.3 is 19.7 Å². The van der Waals surface area contributed by atoms with E-state index in [9.17, 15) is 10.2 Å². The number of fused-ring (bicyclic) bond motifs is 2. The van der Waals surface area contributed by atoms with Gasteiger partial charge in [0.2, 0.25) is 0 Å². The highest BCUT2D eigenvalue weighted by Gasteiger charge is 2.21. The molecule has 2 N–H and O–H groups in total. The molecule has 0 aromatic heterocycles. The zero-order valence-corrected chi connectivity index (χ0v) is 26.9. The van der Waals surface area contributed by atoms with Crippen LogP contribution in [0.25, 0.3) is 21.5 Å². The number of benzene rings is 7. The zero-order chi connectivity index (χ0) is 33.7. The molecule has 0 spiro atoms. The molecule has 7 rings (SSSR count). The summed E-state index contributed by atoms with van der Waals surface area (Å²) in [6.07, 6.45) is 0. The van der Waals surface area contributed by atoms with Gasteiger partial charge in [-0.15, -0.1) is 20.5 Å². The lowest BCUT2D eigenvalue weighted by atomic mass is 9.84. The van der Waals surface area contributed by atoms with Gasteiger partial charge in [-0.25, -0.2) is 0 Å². The predicted octanol–water partition coefficient (Wildman–Crippen LogP) is 11.4. The maximum atomic E-state index is 10.6. The topological polar surface area (TPSA) is 108 Å². The molecule has 0 fully saturated rings. The number of rotatable bonds is 9. The Balaban J connectivity index is 1.24. The molecular weight excluding hydrogens is 612 g/mol. The molecule has 240 valence electrons. The summed E-state index contributed by atoms with van der Waals surface area (Å²) in [5, 5.41) is 42.5. The molecule has 8 nitrogen and oxygen atoms in total. The van der Waals surface area contributed by atoms with Gasteiger partial charge in [-0.2, -0.15) is 0 Å². The molecule has 1 atom stereocenters. The summed E-state index contributed by atoms with van der Waals surface area (Å²) in [5.74, 6) is 0.984. The Morgan fingerprint density at radius 3 is 1.65 bits per heavy atom. The van der Waals surface area contributed by atoms with Crippen LogP contribution in [-0.2, 0) is 0 Å². The second-order valence-corrected chi connectivity index (χ2v) is 11.4. The third-order valence-electron chi connectivity index (χ3n) is 8.45. The molecule has 0 bridgehead atoms. The lowest BCUT2D eigenvalue weighted by Gasteiger charge is -2.21. The van der Waals surface area contributed by atoms with Crippen molar-refractivity contribution in [2.45, 2.75) is 5.92 Å². The fourth-order valence-electron chi connectivity index (χ4n) is 5.99. The van der Waals surface area contributed by atoms with E-state index in [0.29, 0.717) is 34.2 Å². The molecule has 0 saturated heterocycles. The van der Waals surface area contributed by atoms with Crippen molar-refractivity contribution in [1.82, 2.24) is 0 Å². The Morgan fingerprint density at radius 2 is 1.00 bits per heavy atom. The minimum Gasteiger partial charge on any atom is -0.506 e. The third kappa shape index (κ3) is 6.40. The molecule has 0 amide bonds. The average molecular weight is 645 g/mol. The van der Waals surface area contributed by atoms with E-state index in [1.165, 1.54) is 0 Å². The monoisotopic (exact) mass is 644 g/mol. The number of hydrogen-bond donors (Lipinski definition) is 2. The van der Waals surface area contributed by atoms with Crippen molar-refractivity contribution in [1.29, 1.82) is 0 Å². The second-order valence-electron chi connectivity index (χ2n) is 11.4. The molecular formula is C41H32N4O4. The Kier molecular flexibility index (Phi) is 8.67. The Labute approximate surface area is 283 Å². The first-order chi connectivity index (χ1) is 24.0. The maximum Gasteiger partial charge on any atom is 0.146 e. The van der Waals surface area contributed by atoms with Crippen LogP contribution in [0.2, 0.25) is 0 Å². The van der Waals surface area contributed by atoms with Gasteiger partial charge in [0.05, 0.1) is 14.2 Å². The first-order valence-corrected chi connectivity index (χ1v) is 15.7. The van der Waals surface area contributed by atoms with Gasteiger partial charge in [-0.05, 0) is 75.3 Å². The van der Waals surface area contributed by atoms with E-state index in [2.05, 4.69) is 32.6 Å². The molecule has 0 heterocycles. The first kappa shape index (κ1) is 31.1. The van der Waals surface area contributed by atoms with E-state index in [-0.39, 0.29) is 17.4 Å². The Morgan fingerprint density at radius 1 is 0.449 bits per heavy atom. The van der Waals surface area contributed by atoms with Crippen molar-refractivity contribution in [2.24, 2.45) is 20.5 Å². The van der Waals surface area contributed by atoms with Gasteiger partial charge in [0.25, 0.3) is 0 Å². The number of ether oxygens (including phenoxy) is 2. The van der Waals surface area contributed by atoms with E-state index in [1.807, 2.05) is 115 Å². The standard InChI is InChI=1S/C41H32N4O4/c1-48-38-24-30(16-19-33(38)42-44-35-22-28-13-6-7-14-29(28)23-37(35)47)40(27-11-4-3-5-12-27)31-17-20-34(39(25-31)49-2)43-45-41-32-15-9-8-10-26(32)18-21-36(41)46/h3-25,40,46-47H,1-2H3. The highest BCUT2D eigenvalue weighted by atomic mass is 16.5. The number of aromatic hydroxyl groups is 2. The van der Waals surface area contributed by atoms with E-state index in [0.717, 1.165) is 38.2 Å². The van der Waals surface area contributed by atoms with Crippen molar-refractivity contribution < 1.29 is 19.7 Å². The summed E-state index contributed by atoms with van der Waals surface area (Å²) in [5.41, 5.74) is 4.81. The van der Waals surface area contributed by atoms with Crippen LogP contribution in [0.15, 0.2) is 160 Å². The van der Waals surface area contributed by atoms with Crippen molar-refractivity contribution in [3.8, 4) is 23.0 Å². The summed E-state index contributed by atoms with van der Waals surface area (Å²) < 4.78 is 11.6. The molecule has 0 aliphatic carbocycles. The van der Waals surface area contributed by atoms with Crippen LogP contribution in [0.3, 0.4) is 0 Å². The molecule has 7 aromatic rings. The number of nitrogens with zero attached hydrogens (tertiary/aromatic N) is 4. The summed E-state index contributed by atoms with van der Waals surface area (Å²) in [4.78, 5) is 0. The summed E-state index contributed by atoms with van der Waals surface area (Å²) >= 11 is 0. The number of phenols is 2. The fourth-order valence-corrected chi connectivity index (χ4v) is 5.99. The van der Waals surface area contributed by atoms with E-state index < -0.39 is 0 Å². The van der Waals surface area contributed by atoms with Gasteiger partial charge in [0.15, 0.2) is 0 Å². The number of methoxy groups -OCH3 is 2. The Bertz CT molecular complexity index is 2360. The molecule has 7 aromatic carbocycles. The van der Waals surface area contributed by atoms with Crippen LogP contribution >= 0.6 is 0 Å². The molecule has 0 radical (unpaired) electrons. The second kappa shape index (κ2) is 13.7. The predicted molar refractivity (Wildman–Crippen MR) is 193 cm³/mol. The SMILES string of the molecule is COc1cc(C(c2ccccc2)c2ccc(N=Nc3c(O)ccc4ccccc34)c(OC)c2)ccc1N=Nc1cc2ccccc2cc1O. The zero-order valence-electron chi connectivity index (χ0n) is 26.9. The van der Waals surface area contributed by atoms with Crippen LogP contribution < -0.4 is 9.47 Å². The molecule has 49 heavy (non-hydrogen) atoms. The van der Waals surface area contributed by atoms with Gasteiger partial charge in [-0.3, -0.25) is 0 Å². The van der Waals surface area contributed by atoms with Crippen molar-refractivity contribution in [3.05, 3.63) is 156 Å². The maximum absolute atomic E-state index is 10.6. The summed E-state index contributed by atoms with van der Waals surface area (Å²) in [6.45, 7) is 0. The van der Waals surface area contributed by atoms with Crippen LogP contribution in [0.5, 0.6) is 23.0 Å². The molecule has 0 aliphatic heterocycles. The minimum absolute atomic E-state index is 0.0491. The lowest BCUT2D eigenvalue weighted by Crippen LogP contribution is -2.04. The number of azo groups is 2. The highest BCUT2D eigenvalue weighted by molar-refractivity contribution is 5.95. The lowest BCUT2D eigenvalue weighted by molar-refractivity contribution is 0.414. The largest absolute Gasteiger partial charge is 0.506 e. The van der Waals surface area contributed by atoms with Crippen LogP contribution in [0, 0.1) is 0 Å². The van der Waals surface area contributed by atoms with Crippen LogP contribution in [-0.4, -0.2) is 24.4 Å². The van der Waals surface area contributed by atoms with Gasteiger partial charge in [0.1, 0.15) is 45.7 Å². The third-order valence-corrected chi connectivity index (χ3v) is 8.45. The molecule has 0 aliphatic rings. The van der Waals surface area contributed by atoms with Crippen LogP contribution in [0.1, 0.15) is 22.6 Å². The van der Waals surface area contributed by atoms with Crippen molar-refractivity contribution in [3.63, 3.8) is 0 Å². The highest BCUT2D eigenvalue weighted by Crippen LogP contribution is 2.42. The Hall–Kier alpha value is -6.54. The molecule has 1 unspecified atom stereocenters. The fraction of sp³-hybridized carbons (Fsp3) is 0.0732. The summed E-state index contributed by atoms with van der Waals surface area (Å²) in [7, 11) is 3.20. The quantitative estimate of drug-likeness (QED) is 0.120. The first-order valence-electron chi connectivity index (χ1n) is 15.7. The van der Waals surface area contributed by atoms with E-state index in [1.54, 1.807) is 26.4 Å². The van der Waals surface area contributed by atoms with E-state index in [4.69, 9.17) is 9.47 Å². The number of phenolic OH excluding ortho intramolecular Hbond substituents is 2. The van der Waals surface area contributed by atoms with Crippen molar-refractivity contribution in [2.75, 3.05) is 14.2 Å². The minimum atomic E-state index is -0.187. The summed E-state index contributed by atoms with van der Waals surface area (Å²) in [6, 6.07) is 44.2. The normalized spacial score (nSPS) is 12.2. The van der Waals surface area contributed by atoms with Gasteiger partial charge in [0, 0.05) is 11.3 Å².